The molecule has 112 valence electrons. The van der Waals surface area contributed by atoms with Crippen molar-refractivity contribution in [2.75, 3.05) is 11.4 Å². The van der Waals surface area contributed by atoms with Crippen LogP contribution in [0.1, 0.15) is 25.3 Å². The van der Waals surface area contributed by atoms with Gasteiger partial charge in [-0.1, -0.05) is 0 Å². The molecule has 0 N–H and O–H groups in total. The summed E-state index contributed by atoms with van der Waals surface area (Å²) in [5, 5.41) is 11.3. The highest BCUT2D eigenvalue weighted by atomic mass is 79.9. The fraction of sp³-hybridized carbons (Fsp3) is 0.429. The van der Waals surface area contributed by atoms with E-state index in [0.717, 1.165) is 5.56 Å². The highest BCUT2D eigenvalue weighted by Gasteiger charge is 2.36. The van der Waals surface area contributed by atoms with Crippen LogP contribution in [0.15, 0.2) is 16.6 Å². The summed E-state index contributed by atoms with van der Waals surface area (Å²) in [6.07, 6.45) is 1.15. The van der Waals surface area contributed by atoms with Gasteiger partial charge in [-0.2, -0.15) is 0 Å². The molecule has 0 saturated carbocycles. The highest BCUT2D eigenvalue weighted by Crippen LogP contribution is 2.39. The molecule has 2 rings (SSSR count). The van der Waals surface area contributed by atoms with Crippen molar-refractivity contribution in [3.05, 3.63) is 32.3 Å². The Kier molecular flexibility index (Phi) is 4.41. The fourth-order valence-corrected chi connectivity index (χ4v) is 3.38. The van der Waals surface area contributed by atoms with Crippen LogP contribution in [-0.4, -0.2) is 23.2 Å². The quantitative estimate of drug-likeness (QED) is 0.474. The summed E-state index contributed by atoms with van der Waals surface area (Å²) >= 11 is 3.30. The number of anilines is 1. The number of nitrogens with zero attached hydrogens (tertiary/aromatic N) is 2. The lowest BCUT2D eigenvalue weighted by molar-refractivity contribution is -0.384. The molecule has 1 amide bonds. The maximum Gasteiger partial charge on any atom is 0.294 e. The molecule has 21 heavy (non-hydrogen) atoms. The Morgan fingerprint density at radius 2 is 2.14 bits per heavy atom. The third kappa shape index (κ3) is 2.97. The van der Waals surface area contributed by atoms with E-state index in [1.807, 2.05) is 0 Å². The second kappa shape index (κ2) is 5.93. The standard InChI is InChI=1S/C14H15BrN2O4/c1-8-6-11(15)13(12(7-8)17(20)21)16-5-3-4-10(9(2)18)14(16)19/h6-7,10H,3-5H2,1-2H3/t10-/m0/s1. The van der Waals surface area contributed by atoms with E-state index in [-0.39, 0.29) is 23.1 Å². The highest BCUT2D eigenvalue weighted by molar-refractivity contribution is 9.10. The van der Waals surface area contributed by atoms with Crippen LogP contribution in [0.25, 0.3) is 0 Å². The minimum absolute atomic E-state index is 0.126. The smallest absolute Gasteiger partial charge is 0.294 e. The lowest BCUT2D eigenvalue weighted by atomic mass is 9.93. The molecule has 1 saturated heterocycles. The van der Waals surface area contributed by atoms with Crippen LogP contribution in [0.3, 0.4) is 0 Å². The zero-order valence-corrected chi connectivity index (χ0v) is 13.3. The Morgan fingerprint density at radius 3 is 2.71 bits per heavy atom. The maximum absolute atomic E-state index is 12.4. The van der Waals surface area contributed by atoms with E-state index >= 15 is 0 Å². The number of halogens is 1. The number of piperidine rings is 1. The average molecular weight is 355 g/mol. The molecule has 6 nitrogen and oxygen atoms in total. The Labute approximate surface area is 130 Å². The van der Waals surface area contributed by atoms with E-state index in [9.17, 15) is 19.7 Å². The zero-order valence-electron chi connectivity index (χ0n) is 11.8. The molecule has 0 bridgehead atoms. The van der Waals surface area contributed by atoms with Crippen molar-refractivity contribution >= 4 is 39.0 Å². The van der Waals surface area contributed by atoms with Crippen molar-refractivity contribution in [1.82, 2.24) is 0 Å². The van der Waals surface area contributed by atoms with Crippen LogP contribution in [0.2, 0.25) is 0 Å². The predicted molar refractivity (Wildman–Crippen MR) is 81.3 cm³/mol. The van der Waals surface area contributed by atoms with E-state index < -0.39 is 10.8 Å². The van der Waals surface area contributed by atoms with Crippen molar-refractivity contribution in [3.8, 4) is 0 Å². The first-order valence-corrected chi connectivity index (χ1v) is 7.38. The van der Waals surface area contributed by atoms with E-state index in [0.29, 0.717) is 23.9 Å². The minimum atomic E-state index is -0.702. The number of aryl methyl sites for hydroxylation is 1. The summed E-state index contributed by atoms with van der Waals surface area (Å²) in [6, 6.07) is 3.16. The molecule has 1 aromatic rings. The van der Waals surface area contributed by atoms with Crippen LogP contribution >= 0.6 is 15.9 Å². The molecule has 7 heteroatoms. The minimum Gasteiger partial charge on any atom is -0.305 e. The van der Waals surface area contributed by atoms with Gasteiger partial charge in [0.1, 0.15) is 11.5 Å². The average Bonchev–Trinajstić information content (AvgIpc) is 2.38. The second-order valence-corrected chi connectivity index (χ2v) is 6.02. The number of amides is 1. The van der Waals surface area contributed by atoms with Gasteiger partial charge in [0.2, 0.25) is 5.91 Å². The lowest BCUT2D eigenvalue weighted by Crippen LogP contribution is -2.44. The molecule has 0 unspecified atom stereocenters. The lowest BCUT2D eigenvalue weighted by Gasteiger charge is -2.31. The van der Waals surface area contributed by atoms with Crippen molar-refractivity contribution < 1.29 is 14.5 Å². The van der Waals surface area contributed by atoms with E-state index in [4.69, 9.17) is 0 Å². The van der Waals surface area contributed by atoms with E-state index in [2.05, 4.69) is 15.9 Å². The number of nitro benzene ring substituents is 1. The summed E-state index contributed by atoms with van der Waals surface area (Å²) in [6.45, 7) is 3.51. The summed E-state index contributed by atoms with van der Waals surface area (Å²) in [4.78, 5) is 36.1. The van der Waals surface area contributed by atoms with E-state index in [1.54, 1.807) is 13.0 Å². The van der Waals surface area contributed by atoms with Crippen molar-refractivity contribution in [1.29, 1.82) is 0 Å². The van der Waals surface area contributed by atoms with Gasteiger partial charge in [0.25, 0.3) is 5.69 Å². The number of Topliss-reactive ketones (excluding diaryl/α,β-unsaturated/α-hetero) is 1. The van der Waals surface area contributed by atoms with Gasteiger partial charge in [-0.15, -0.1) is 0 Å². The second-order valence-electron chi connectivity index (χ2n) is 5.17. The monoisotopic (exact) mass is 354 g/mol. The van der Waals surface area contributed by atoms with Gasteiger partial charge in [0.05, 0.1) is 10.8 Å². The molecule has 0 aromatic heterocycles. The Hall–Kier alpha value is -1.76. The molecule has 0 radical (unpaired) electrons. The molecule has 1 aromatic carbocycles. The van der Waals surface area contributed by atoms with Crippen LogP contribution in [0.5, 0.6) is 0 Å². The topological polar surface area (TPSA) is 80.5 Å². The first-order valence-electron chi connectivity index (χ1n) is 6.59. The molecule has 1 fully saturated rings. The number of rotatable bonds is 3. The Bertz CT molecular complexity index is 630. The number of hydrogen-bond donors (Lipinski definition) is 0. The molecule has 1 aliphatic rings. The van der Waals surface area contributed by atoms with Gasteiger partial charge in [-0.25, -0.2) is 0 Å². The van der Waals surface area contributed by atoms with Crippen molar-refractivity contribution in [2.24, 2.45) is 5.92 Å². The number of benzene rings is 1. The number of carbonyl (C=O) groups is 2. The third-order valence-electron chi connectivity index (χ3n) is 3.58. The van der Waals surface area contributed by atoms with Crippen LogP contribution < -0.4 is 4.90 Å². The van der Waals surface area contributed by atoms with E-state index in [1.165, 1.54) is 17.9 Å². The SMILES string of the molecule is CC(=O)[C@@H]1CCCN(c2c(Br)cc(C)cc2[N+](=O)[O-])C1=O. The van der Waals surface area contributed by atoms with Crippen molar-refractivity contribution in [3.63, 3.8) is 0 Å². The van der Waals surface area contributed by atoms with Gasteiger partial charge in [0.15, 0.2) is 0 Å². The summed E-state index contributed by atoms with van der Waals surface area (Å²) in [5.74, 6) is -1.26. The van der Waals surface area contributed by atoms with Crippen molar-refractivity contribution in [2.45, 2.75) is 26.7 Å². The Balaban J connectivity index is 2.53. The van der Waals surface area contributed by atoms with Crippen LogP contribution in [0, 0.1) is 23.0 Å². The first kappa shape index (κ1) is 15.6. The summed E-state index contributed by atoms with van der Waals surface area (Å²) < 4.78 is 0.492. The summed E-state index contributed by atoms with van der Waals surface area (Å²) in [5.41, 5.74) is 0.839. The van der Waals surface area contributed by atoms with Gasteiger partial charge in [-0.3, -0.25) is 19.7 Å². The largest absolute Gasteiger partial charge is 0.305 e. The van der Waals surface area contributed by atoms with Gasteiger partial charge < -0.3 is 4.90 Å². The number of hydrogen-bond acceptors (Lipinski definition) is 4. The predicted octanol–water partition coefficient (Wildman–Crippen LogP) is 3.00. The molecule has 0 spiro atoms. The van der Waals surface area contributed by atoms with Crippen LogP contribution in [-0.2, 0) is 9.59 Å². The molecule has 1 aliphatic heterocycles. The molecular formula is C14H15BrN2O4. The third-order valence-corrected chi connectivity index (χ3v) is 4.19. The van der Waals surface area contributed by atoms with Gasteiger partial charge in [-0.05, 0) is 54.2 Å². The zero-order chi connectivity index (χ0) is 15.7. The number of carbonyl (C=O) groups excluding carboxylic acids is 2. The normalized spacial score (nSPS) is 18.7. The Morgan fingerprint density at radius 1 is 1.48 bits per heavy atom. The number of ketones is 1. The number of nitro groups is 1. The summed E-state index contributed by atoms with van der Waals surface area (Å²) in [7, 11) is 0. The molecule has 1 atom stereocenters. The molecular weight excluding hydrogens is 340 g/mol. The van der Waals surface area contributed by atoms with Gasteiger partial charge in [0, 0.05) is 17.1 Å². The molecule has 1 heterocycles. The molecule has 0 aliphatic carbocycles. The van der Waals surface area contributed by atoms with Crippen LogP contribution in [0.4, 0.5) is 11.4 Å². The first-order chi connectivity index (χ1) is 9.82. The fourth-order valence-electron chi connectivity index (χ4n) is 2.60. The maximum atomic E-state index is 12.4. The van der Waals surface area contributed by atoms with Gasteiger partial charge >= 0.3 is 0 Å².